The summed E-state index contributed by atoms with van der Waals surface area (Å²) >= 11 is 3.50. The standard InChI is InChI=1S/C18H17BrN2/c1-2-5-14-8-10-15(11-9-14)18(12-19)21-13-20-16-6-3-4-7-17(16)21/h3-4,6-13H,2,5H2,1H3. The van der Waals surface area contributed by atoms with Crippen molar-refractivity contribution in [3.63, 3.8) is 0 Å². The zero-order valence-corrected chi connectivity index (χ0v) is 13.5. The summed E-state index contributed by atoms with van der Waals surface area (Å²) in [6.45, 7) is 2.20. The summed E-state index contributed by atoms with van der Waals surface area (Å²) in [4.78, 5) is 6.42. The molecule has 3 rings (SSSR count). The fraction of sp³-hybridized carbons (Fsp3) is 0.167. The van der Waals surface area contributed by atoms with Crippen molar-refractivity contribution in [1.82, 2.24) is 9.55 Å². The number of nitrogens with zero attached hydrogens (tertiary/aromatic N) is 2. The highest BCUT2D eigenvalue weighted by atomic mass is 79.9. The Morgan fingerprint density at radius 3 is 2.62 bits per heavy atom. The van der Waals surface area contributed by atoms with Crippen LogP contribution < -0.4 is 0 Å². The summed E-state index contributed by atoms with van der Waals surface area (Å²) in [7, 11) is 0. The second-order valence-electron chi connectivity index (χ2n) is 5.04. The van der Waals surface area contributed by atoms with Gasteiger partial charge < -0.3 is 0 Å². The average molecular weight is 341 g/mol. The molecule has 0 bridgehead atoms. The fourth-order valence-electron chi connectivity index (χ4n) is 2.54. The number of imidazole rings is 1. The van der Waals surface area contributed by atoms with Gasteiger partial charge in [-0.1, -0.05) is 65.7 Å². The zero-order chi connectivity index (χ0) is 14.7. The summed E-state index contributed by atoms with van der Waals surface area (Å²) in [5, 5.41) is 0. The van der Waals surface area contributed by atoms with E-state index in [1.165, 1.54) is 17.5 Å². The highest BCUT2D eigenvalue weighted by molar-refractivity contribution is 9.11. The van der Waals surface area contributed by atoms with Crippen LogP contribution in [-0.2, 0) is 6.42 Å². The lowest BCUT2D eigenvalue weighted by Gasteiger charge is -2.10. The molecule has 1 aromatic heterocycles. The Bertz CT molecular complexity index is 769. The minimum absolute atomic E-state index is 1.01. The van der Waals surface area contributed by atoms with E-state index in [0.29, 0.717) is 0 Å². The van der Waals surface area contributed by atoms with Crippen molar-refractivity contribution >= 4 is 32.7 Å². The number of halogens is 1. The molecule has 0 radical (unpaired) electrons. The summed E-state index contributed by atoms with van der Waals surface area (Å²) in [5.41, 5.74) is 5.76. The quantitative estimate of drug-likeness (QED) is 0.635. The molecule has 0 unspecified atom stereocenters. The van der Waals surface area contributed by atoms with Gasteiger partial charge in [-0.25, -0.2) is 4.98 Å². The number of para-hydroxylation sites is 2. The van der Waals surface area contributed by atoms with Crippen molar-refractivity contribution in [2.75, 3.05) is 0 Å². The molecule has 0 aliphatic heterocycles. The molecule has 0 saturated heterocycles. The number of rotatable bonds is 4. The minimum atomic E-state index is 1.01. The Kier molecular flexibility index (Phi) is 4.20. The van der Waals surface area contributed by atoms with Crippen LogP contribution in [0.2, 0.25) is 0 Å². The van der Waals surface area contributed by atoms with Gasteiger partial charge in [0.15, 0.2) is 0 Å². The van der Waals surface area contributed by atoms with E-state index in [-0.39, 0.29) is 0 Å². The van der Waals surface area contributed by atoms with E-state index in [9.17, 15) is 0 Å². The van der Waals surface area contributed by atoms with Crippen LogP contribution in [0.4, 0.5) is 0 Å². The second-order valence-corrected chi connectivity index (χ2v) is 5.50. The van der Waals surface area contributed by atoms with Crippen molar-refractivity contribution in [2.45, 2.75) is 19.8 Å². The van der Waals surface area contributed by atoms with Crippen molar-refractivity contribution in [3.05, 3.63) is 71.0 Å². The number of aromatic nitrogens is 2. The molecule has 0 atom stereocenters. The van der Waals surface area contributed by atoms with Gasteiger partial charge in [0.1, 0.15) is 6.33 Å². The Hall–Kier alpha value is -1.87. The SMILES string of the molecule is CCCc1ccc(C(=CBr)n2cnc3ccccc32)cc1. The molecule has 0 saturated carbocycles. The Balaban J connectivity index is 2.02. The van der Waals surface area contributed by atoms with Crippen LogP contribution in [-0.4, -0.2) is 9.55 Å². The van der Waals surface area contributed by atoms with Gasteiger partial charge in [-0.05, 0) is 29.7 Å². The Morgan fingerprint density at radius 2 is 1.90 bits per heavy atom. The summed E-state index contributed by atoms with van der Waals surface area (Å²) in [6.07, 6.45) is 4.17. The van der Waals surface area contributed by atoms with Gasteiger partial charge in [-0.15, -0.1) is 0 Å². The van der Waals surface area contributed by atoms with Gasteiger partial charge in [-0.3, -0.25) is 4.57 Å². The summed E-state index contributed by atoms with van der Waals surface area (Å²) in [5.74, 6) is 0. The van der Waals surface area contributed by atoms with Gasteiger partial charge >= 0.3 is 0 Å². The molecule has 1 heterocycles. The highest BCUT2D eigenvalue weighted by Crippen LogP contribution is 2.24. The maximum absolute atomic E-state index is 4.46. The van der Waals surface area contributed by atoms with E-state index in [2.05, 4.69) is 62.7 Å². The molecule has 0 aliphatic rings. The lowest BCUT2D eigenvalue weighted by molar-refractivity contribution is 0.921. The first-order valence-corrected chi connectivity index (χ1v) is 8.07. The molecular weight excluding hydrogens is 324 g/mol. The first-order chi connectivity index (χ1) is 10.3. The molecule has 0 amide bonds. The lowest BCUT2D eigenvalue weighted by Crippen LogP contribution is -1.97. The first kappa shape index (κ1) is 14.1. The molecule has 0 spiro atoms. The molecule has 2 aromatic carbocycles. The normalized spacial score (nSPS) is 12.0. The van der Waals surface area contributed by atoms with Crippen LogP contribution in [0.1, 0.15) is 24.5 Å². The molecule has 21 heavy (non-hydrogen) atoms. The van der Waals surface area contributed by atoms with Crippen LogP contribution in [0, 0.1) is 0 Å². The van der Waals surface area contributed by atoms with Crippen LogP contribution in [0.3, 0.4) is 0 Å². The third-order valence-corrected chi connectivity index (χ3v) is 4.04. The predicted molar refractivity (Wildman–Crippen MR) is 92.5 cm³/mol. The second kappa shape index (κ2) is 6.27. The van der Waals surface area contributed by atoms with E-state index in [4.69, 9.17) is 0 Å². The Morgan fingerprint density at radius 1 is 1.14 bits per heavy atom. The molecule has 3 aromatic rings. The number of hydrogen-bond donors (Lipinski definition) is 0. The average Bonchev–Trinajstić information content (AvgIpc) is 2.94. The van der Waals surface area contributed by atoms with E-state index < -0.39 is 0 Å². The number of benzene rings is 2. The summed E-state index contributed by atoms with van der Waals surface area (Å²) in [6, 6.07) is 16.9. The van der Waals surface area contributed by atoms with Crippen LogP contribution in [0.5, 0.6) is 0 Å². The maximum Gasteiger partial charge on any atom is 0.100 e. The number of aryl methyl sites for hydroxylation is 1. The van der Waals surface area contributed by atoms with Crippen LogP contribution in [0.25, 0.3) is 16.7 Å². The summed E-state index contributed by atoms with van der Waals surface area (Å²) < 4.78 is 2.11. The zero-order valence-electron chi connectivity index (χ0n) is 12.0. The van der Waals surface area contributed by atoms with Gasteiger partial charge in [-0.2, -0.15) is 0 Å². The van der Waals surface area contributed by atoms with Crippen LogP contribution in [0.15, 0.2) is 59.8 Å². The molecule has 0 fully saturated rings. The molecule has 0 N–H and O–H groups in total. The van der Waals surface area contributed by atoms with Gasteiger partial charge in [0.05, 0.1) is 16.7 Å². The lowest BCUT2D eigenvalue weighted by atomic mass is 10.1. The minimum Gasteiger partial charge on any atom is -0.298 e. The van der Waals surface area contributed by atoms with Gasteiger partial charge in [0.25, 0.3) is 0 Å². The molecule has 2 nitrogen and oxygen atoms in total. The smallest absolute Gasteiger partial charge is 0.100 e. The van der Waals surface area contributed by atoms with Crippen molar-refractivity contribution in [3.8, 4) is 0 Å². The Labute approximate surface area is 133 Å². The number of hydrogen-bond acceptors (Lipinski definition) is 1. The van der Waals surface area contributed by atoms with Crippen molar-refractivity contribution in [1.29, 1.82) is 0 Å². The van der Waals surface area contributed by atoms with Crippen molar-refractivity contribution in [2.24, 2.45) is 0 Å². The molecule has 3 heteroatoms. The van der Waals surface area contributed by atoms with E-state index in [1.807, 2.05) is 29.5 Å². The predicted octanol–water partition coefficient (Wildman–Crippen LogP) is 5.23. The number of fused-ring (bicyclic) bond motifs is 1. The van der Waals surface area contributed by atoms with Crippen molar-refractivity contribution < 1.29 is 0 Å². The largest absolute Gasteiger partial charge is 0.298 e. The molecular formula is C18H17BrN2. The topological polar surface area (TPSA) is 17.8 Å². The first-order valence-electron chi connectivity index (χ1n) is 7.15. The highest BCUT2D eigenvalue weighted by Gasteiger charge is 2.08. The fourth-order valence-corrected chi connectivity index (χ4v) is 3.02. The van der Waals surface area contributed by atoms with E-state index >= 15 is 0 Å². The van der Waals surface area contributed by atoms with Gasteiger partial charge in [0.2, 0.25) is 0 Å². The maximum atomic E-state index is 4.46. The third kappa shape index (κ3) is 2.79. The monoisotopic (exact) mass is 340 g/mol. The molecule has 106 valence electrons. The van der Waals surface area contributed by atoms with E-state index in [1.54, 1.807) is 0 Å². The van der Waals surface area contributed by atoms with Gasteiger partial charge in [0, 0.05) is 4.99 Å². The van der Waals surface area contributed by atoms with E-state index in [0.717, 1.165) is 23.2 Å². The van der Waals surface area contributed by atoms with Crippen LogP contribution >= 0.6 is 15.9 Å². The third-order valence-electron chi connectivity index (χ3n) is 3.60. The molecule has 0 aliphatic carbocycles.